The Balaban J connectivity index is 1.95. The van der Waals surface area contributed by atoms with Crippen molar-refractivity contribution >= 4 is 5.91 Å². The van der Waals surface area contributed by atoms with Crippen molar-refractivity contribution in [1.29, 1.82) is 0 Å². The van der Waals surface area contributed by atoms with E-state index in [1.165, 1.54) is 11.1 Å². The van der Waals surface area contributed by atoms with E-state index >= 15 is 0 Å². The Hall–Kier alpha value is -1.35. The second-order valence-electron chi connectivity index (χ2n) is 7.65. The Morgan fingerprint density at radius 3 is 2.57 bits per heavy atom. The van der Waals surface area contributed by atoms with Crippen LogP contribution in [0.2, 0.25) is 0 Å². The van der Waals surface area contributed by atoms with E-state index in [2.05, 4.69) is 57.3 Å². The fourth-order valence-electron chi connectivity index (χ4n) is 3.86. The van der Waals surface area contributed by atoms with Gasteiger partial charge in [-0.25, -0.2) is 0 Å². The van der Waals surface area contributed by atoms with E-state index < -0.39 is 5.60 Å². The molecule has 0 spiro atoms. The second-order valence-corrected chi connectivity index (χ2v) is 7.65. The lowest BCUT2D eigenvalue weighted by atomic mass is 9.66. The highest BCUT2D eigenvalue weighted by Crippen LogP contribution is 2.41. The molecule has 1 fully saturated rings. The molecule has 3 nitrogen and oxygen atoms in total. The van der Waals surface area contributed by atoms with Gasteiger partial charge in [-0.1, -0.05) is 57.0 Å². The quantitative estimate of drug-likeness (QED) is 0.873. The summed E-state index contributed by atoms with van der Waals surface area (Å²) in [5, 5.41) is 14.0. The van der Waals surface area contributed by atoms with Gasteiger partial charge in [0, 0.05) is 6.54 Å². The SMILES string of the molecule is Cc1ccc(CCNC(=O)[C@]2(O)C[C@H](C)CC[C@H]2C(C)C)cc1. The molecule has 0 heterocycles. The van der Waals surface area contributed by atoms with Gasteiger partial charge in [0.15, 0.2) is 0 Å². The van der Waals surface area contributed by atoms with Crippen LogP contribution in [0.25, 0.3) is 0 Å². The number of carbonyl (C=O) groups excluding carboxylic acids is 1. The molecule has 1 aliphatic rings. The van der Waals surface area contributed by atoms with Crippen LogP contribution in [0, 0.1) is 24.7 Å². The first-order valence-electron chi connectivity index (χ1n) is 8.89. The maximum absolute atomic E-state index is 12.7. The van der Waals surface area contributed by atoms with E-state index in [0.717, 1.165) is 19.3 Å². The van der Waals surface area contributed by atoms with Crippen LogP contribution in [-0.4, -0.2) is 23.2 Å². The van der Waals surface area contributed by atoms with Crippen LogP contribution in [0.4, 0.5) is 0 Å². The number of aliphatic hydroxyl groups is 1. The van der Waals surface area contributed by atoms with Crippen LogP contribution in [0.1, 0.15) is 51.2 Å². The van der Waals surface area contributed by atoms with Crippen LogP contribution in [-0.2, 0) is 11.2 Å². The molecule has 2 rings (SSSR count). The van der Waals surface area contributed by atoms with Crippen molar-refractivity contribution in [2.75, 3.05) is 6.54 Å². The first kappa shape index (κ1) is 18.0. The van der Waals surface area contributed by atoms with Gasteiger partial charge in [0.2, 0.25) is 0 Å². The molecule has 0 radical (unpaired) electrons. The van der Waals surface area contributed by atoms with Gasteiger partial charge in [-0.05, 0) is 49.5 Å². The average Bonchev–Trinajstić information content (AvgIpc) is 2.48. The molecular weight excluding hydrogens is 286 g/mol. The molecule has 0 aliphatic heterocycles. The van der Waals surface area contributed by atoms with Crippen LogP contribution in [0.5, 0.6) is 0 Å². The summed E-state index contributed by atoms with van der Waals surface area (Å²) in [5.74, 6) is 0.584. The summed E-state index contributed by atoms with van der Waals surface area (Å²) < 4.78 is 0. The van der Waals surface area contributed by atoms with Gasteiger partial charge in [-0.2, -0.15) is 0 Å². The highest BCUT2D eigenvalue weighted by atomic mass is 16.3. The van der Waals surface area contributed by atoms with Crippen LogP contribution >= 0.6 is 0 Å². The second kappa shape index (κ2) is 7.48. The molecule has 0 bridgehead atoms. The normalized spacial score (nSPS) is 27.9. The van der Waals surface area contributed by atoms with Gasteiger partial charge in [-0.3, -0.25) is 4.79 Å². The Morgan fingerprint density at radius 1 is 1.30 bits per heavy atom. The number of nitrogens with one attached hydrogen (secondary N) is 1. The summed E-state index contributed by atoms with van der Waals surface area (Å²) >= 11 is 0. The van der Waals surface area contributed by atoms with Gasteiger partial charge in [0.25, 0.3) is 5.91 Å². The standard InChI is InChI=1S/C20H31NO2/c1-14(2)18-10-7-16(4)13-20(18,23)19(22)21-12-11-17-8-5-15(3)6-9-17/h5-6,8-9,14,16,18,23H,7,10-13H2,1-4H3,(H,21,22)/t16-,18+,20+/m1/s1. The number of aryl methyl sites for hydroxylation is 1. The zero-order chi connectivity index (χ0) is 17.0. The third-order valence-electron chi connectivity index (χ3n) is 5.26. The van der Waals surface area contributed by atoms with Crippen molar-refractivity contribution in [2.45, 2.75) is 59.0 Å². The molecule has 0 unspecified atom stereocenters. The molecule has 2 N–H and O–H groups in total. The summed E-state index contributed by atoms with van der Waals surface area (Å²) in [6, 6.07) is 8.36. The number of rotatable bonds is 5. The molecule has 1 aromatic carbocycles. The van der Waals surface area contributed by atoms with Crippen molar-refractivity contribution in [3.8, 4) is 0 Å². The third-order valence-corrected chi connectivity index (χ3v) is 5.26. The fraction of sp³-hybridized carbons (Fsp3) is 0.650. The zero-order valence-electron chi connectivity index (χ0n) is 14.9. The Morgan fingerprint density at radius 2 is 1.96 bits per heavy atom. The first-order chi connectivity index (χ1) is 10.8. The van der Waals surface area contributed by atoms with E-state index in [0.29, 0.717) is 24.8 Å². The molecule has 3 atom stereocenters. The van der Waals surface area contributed by atoms with Gasteiger partial charge >= 0.3 is 0 Å². The van der Waals surface area contributed by atoms with Gasteiger partial charge in [0.1, 0.15) is 5.60 Å². The molecule has 128 valence electrons. The average molecular weight is 317 g/mol. The van der Waals surface area contributed by atoms with Crippen molar-refractivity contribution in [3.05, 3.63) is 35.4 Å². The van der Waals surface area contributed by atoms with Gasteiger partial charge in [0.05, 0.1) is 0 Å². The van der Waals surface area contributed by atoms with Gasteiger partial charge < -0.3 is 10.4 Å². The Bertz CT molecular complexity index is 523. The maximum Gasteiger partial charge on any atom is 0.252 e. The monoisotopic (exact) mass is 317 g/mol. The maximum atomic E-state index is 12.7. The molecule has 1 amide bonds. The van der Waals surface area contributed by atoms with Crippen LogP contribution < -0.4 is 5.32 Å². The molecule has 1 aliphatic carbocycles. The molecule has 0 aromatic heterocycles. The van der Waals surface area contributed by atoms with Crippen LogP contribution in [0.3, 0.4) is 0 Å². The predicted octanol–water partition coefficient (Wildman–Crippen LogP) is 3.48. The minimum atomic E-state index is -1.21. The Kier molecular flexibility index (Phi) is 5.85. The number of hydrogen-bond acceptors (Lipinski definition) is 2. The molecule has 0 saturated heterocycles. The van der Waals surface area contributed by atoms with E-state index in [4.69, 9.17) is 0 Å². The lowest BCUT2D eigenvalue weighted by Gasteiger charge is -2.43. The summed E-state index contributed by atoms with van der Waals surface area (Å²) in [6.45, 7) is 8.97. The minimum absolute atomic E-state index is 0.0538. The summed E-state index contributed by atoms with van der Waals surface area (Å²) in [4.78, 5) is 12.7. The van der Waals surface area contributed by atoms with Crippen molar-refractivity contribution < 1.29 is 9.90 Å². The molecular formula is C20H31NO2. The molecule has 1 aromatic rings. The molecule has 1 saturated carbocycles. The largest absolute Gasteiger partial charge is 0.380 e. The van der Waals surface area contributed by atoms with E-state index in [1.54, 1.807) is 0 Å². The molecule has 3 heteroatoms. The van der Waals surface area contributed by atoms with Crippen LogP contribution in [0.15, 0.2) is 24.3 Å². The smallest absolute Gasteiger partial charge is 0.252 e. The van der Waals surface area contributed by atoms with Gasteiger partial charge in [-0.15, -0.1) is 0 Å². The fourth-order valence-corrected chi connectivity index (χ4v) is 3.86. The molecule has 23 heavy (non-hydrogen) atoms. The summed E-state index contributed by atoms with van der Waals surface area (Å²) in [7, 11) is 0. The highest BCUT2D eigenvalue weighted by Gasteiger charge is 2.48. The topological polar surface area (TPSA) is 49.3 Å². The number of amides is 1. The first-order valence-corrected chi connectivity index (χ1v) is 8.89. The number of benzene rings is 1. The van der Waals surface area contributed by atoms with Crippen molar-refractivity contribution in [1.82, 2.24) is 5.32 Å². The van der Waals surface area contributed by atoms with Crippen molar-refractivity contribution in [3.63, 3.8) is 0 Å². The van der Waals surface area contributed by atoms with Crippen molar-refractivity contribution in [2.24, 2.45) is 17.8 Å². The zero-order valence-corrected chi connectivity index (χ0v) is 14.9. The lowest BCUT2D eigenvalue weighted by molar-refractivity contribution is -0.155. The van der Waals surface area contributed by atoms with E-state index in [-0.39, 0.29) is 11.8 Å². The lowest BCUT2D eigenvalue weighted by Crippen LogP contribution is -2.56. The van der Waals surface area contributed by atoms with E-state index in [9.17, 15) is 9.90 Å². The highest BCUT2D eigenvalue weighted by molar-refractivity contribution is 5.85. The minimum Gasteiger partial charge on any atom is -0.380 e. The Labute approximate surface area is 140 Å². The summed E-state index contributed by atoms with van der Waals surface area (Å²) in [5.41, 5.74) is 1.24. The number of hydrogen-bond donors (Lipinski definition) is 2. The third kappa shape index (κ3) is 4.35. The number of carbonyl (C=O) groups is 1. The summed E-state index contributed by atoms with van der Waals surface area (Å²) in [6.07, 6.45) is 3.40. The predicted molar refractivity (Wildman–Crippen MR) is 94.2 cm³/mol. The van der Waals surface area contributed by atoms with E-state index in [1.807, 2.05) is 0 Å².